The van der Waals surface area contributed by atoms with Crippen LogP contribution < -0.4 is 14.8 Å². The number of halogens is 1. The Morgan fingerprint density at radius 2 is 2.19 bits per heavy atom. The highest BCUT2D eigenvalue weighted by Gasteiger charge is 2.18. The fourth-order valence-electron chi connectivity index (χ4n) is 2.87. The number of carbonyl (C=O) groups excluding carboxylic acids is 1. The smallest absolute Gasteiger partial charge is 0.238 e. The van der Waals surface area contributed by atoms with Crippen LogP contribution in [-0.2, 0) is 22.7 Å². The third kappa shape index (κ3) is 4.66. The summed E-state index contributed by atoms with van der Waals surface area (Å²) in [7, 11) is 3.46. The van der Waals surface area contributed by atoms with Crippen molar-refractivity contribution >= 4 is 23.2 Å². The number of carbonyl (C=O) groups is 1. The summed E-state index contributed by atoms with van der Waals surface area (Å²) < 4.78 is 16.1. The van der Waals surface area contributed by atoms with E-state index in [2.05, 4.69) is 5.32 Å². The molecule has 0 fully saturated rings. The van der Waals surface area contributed by atoms with Crippen molar-refractivity contribution in [2.75, 3.05) is 32.8 Å². The molecule has 0 radical (unpaired) electrons. The lowest BCUT2D eigenvalue weighted by Gasteiger charge is -2.23. The summed E-state index contributed by atoms with van der Waals surface area (Å²) >= 11 is 6.19. The highest BCUT2D eigenvalue weighted by molar-refractivity contribution is 6.30. The first-order chi connectivity index (χ1) is 12.5. The summed E-state index contributed by atoms with van der Waals surface area (Å²) in [6.07, 6.45) is 0. The second-order valence-electron chi connectivity index (χ2n) is 6.12. The molecule has 7 heteroatoms. The standard InChI is InChI=1S/C19H21ClN2O4/c1-22(10-18(23)21-16-4-3-5-17(8-16)24-2)9-13-6-15(20)7-14-11-25-12-26-19(13)14/h3-8H,9-12H2,1-2H3,(H,21,23). The maximum absolute atomic E-state index is 12.3. The number of likely N-dealkylation sites (N-methyl/N-ethyl adjacent to an activating group) is 1. The maximum Gasteiger partial charge on any atom is 0.238 e. The Labute approximate surface area is 157 Å². The minimum absolute atomic E-state index is 0.110. The van der Waals surface area contributed by atoms with E-state index in [1.807, 2.05) is 42.3 Å². The number of hydrogen-bond donors (Lipinski definition) is 1. The van der Waals surface area contributed by atoms with E-state index in [-0.39, 0.29) is 19.2 Å². The molecule has 0 aliphatic carbocycles. The lowest BCUT2D eigenvalue weighted by Crippen LogP contribution is -2.30. The van der Waals surface area contributed by atoms with E-state index in [9.17, 15) is 4.79 Å². The number of nitrogens with zero attached hydrogens (tertiary/aromatic N) is 1. The highest BCUT2D eigenvalue weighted by Crippen LogP contribution is 2.32. The molecule has 0 spiro atoms. The van der Waals surface area contributed by atoms with Gasteiger partial charge < -0.3 is 19.5 Å². The molecule has 0 saturated heterocycles. The van der Waals surface area contributed by atoms with Crippen LogP contribution in [0.25, 0.3) is 0 Å². The lowest BCUT2D eigenvalue weighted by molar-refractivity contribution is -0.117. The summed E-state index contributed by atoms with van der Waals surface area (Å²) in [5.74, 6) is 1.38. The average molecular weight is 377 g/mol. The number of hydrogen-bond acceptors (Lipinski definition) is 5. The molecule has 6 nitrogen and oxygen atoms in total. The van der Waals surface area contributed by atoms with Crippen LogP contribution in [0.3, 0.4) is 0 Å². The normalized spacial score (nSPS) is 13.1. The fourth-order valence-corrected chi connectivity index (χ4v) is 3.13. The van der Waals surface area contributed by atoms with E-state index < -0.39 is 0 Å². The number of ether oxygens (including phenoxy) is 3. The monoisotopic (exact) mass is 376 g/mol. The Morgan fingerprint density at radius 3 is 3.00 bits per heavy atom. The van der Waals surface area contributed by atoms with Crippen molar-refractivity contribution in [1.29, 1.82) is 0 Å². The van der Waals surface area contributed by atoms with Gasteiger partial charge >= 0.3 is 0 Å². The molecule has 0 bridgehead atoms. The second-order valence-corrected chi connectivity index (χ2v) is 6.55. The third-order valence-corrected chi connectivity index (χ3v) is 4.18. The maximum atomic E-state index is 12.3. The molecule has 0 aromatic heterocycles. The Kier molecular flexibility index (Phi) is 5.98. The van der Waals surface area contributed by atoms with Crippen LogP contribution in [0, 0.1) is 0 Å². The molecule has 1 N–H and O–H groups in total. The van der Waals surface area contributed by atoms with Gasteiger partial charge in [-0.3, -0.25) is 9.69 Å². The number of benzene rings is 2. The number of methoxy groups -OCH3 is 1. The minimum Gasteiger partial charge on any atom is -0.497 e. The Bertz CT molecular complexity index is 797. The zero-order valence-electron chi connectivity index (χ0n) is 14.8. The molecule has 138 valence electrons. The van der Waals surface area contributed by atoms with Crippen LogP contribution in [0.4, 0.5) is 5.69 Å². The number of rotatable bonds is 6. The van der Waals surface area contributed by atoms with Gasteiger partial charge in [-0.05, 0) is 31.3 Å². The number of nitrogens with one attached hydrogen (secondary N) is 1. The molecule has 1 amide bonds. The Balaban J connectivity index is 1.62. The van der Waals surface area contributed by atoms with Gasteiger partial charge in [-0.15, -0.1) is 0 Å². The van der Waals surface area contributed by atoms with Crippen molar-refractivity contribution in [3.8, 4) is 11.5 Å². The molecule has 0 unspecified atom stereocenters. The van der Waals surface area contributed by atoms with Crippen molar-refractivity contribution in [3.05, 3.63) is 52.5 Å². The van der Waals surface area contributed by atoms with Gasteiger partial charge in [0.1, 0.15) is 11.5 Å². The minimum atomic E-state index is -0.110. The van der Waals surface area contributed by atoms with E-state index in [0.717, 1.165) is 16.9 Å². The van der Waals surface area contributed by atoms with Crippen molar-refractivity contribution in [1.82, 2.24) is 4.90 Å². The first-order valence-electron chi connectivity index (χ1n) is 8.19. The summed E-state index contributed by atoms with van der Waals surface area (Å²) in [5.41, 5.74) is 2.56. The number of fused-ring (bicyclic) bond motifs is 1. The molecule has 2 aromatic carbocycles. The molecule has 2 aromatic rings. The van der Waals surface area contributed by atoms with Crippen LogP contribution in [0.5, 0.6) is 11.5 Å². The molecular formula is C19H21ClN2O4. The quantitative estimate of drug-likeness (QED) is 0.838. The van der Waals surface area contributed by atoms with Crippen LogP contribution in [0.1, 0.15) is 11.1 Å². The van der Waals surface area contributed by atoms with E-state index >= 15 is 0 Å². The molecule has 26 heavy (non-hydrogen) atoms. The van der Waals surface area contributed by atoms with E-state index in [1.54, 1.807) is 13.2 Å². The SMILES string of the molecule is COc1cccc(NC(=O)CN(C)Cc2cc(Cl)cc3c2OCOC3)c1. The number of anilines is 1. The molecule has 1 aliphatic heterocycles. The van der Waals surface area contributed by atoms with Gasteiger partial charge in [0.05, 0.1) is 20.3 Å². The van der Waals surface area contributed by atoms with Crippen molar-refractivity contribution in [2.24, 2.45) is 0 Å². The van der Waals surface area contributed by atoms with Gasteiger partial charge in [0, 0.05) is 34.4 Å². The van der Waals surface area contributed by atoms with Gasteiger partial charge in [-0.25, -0.2) is 0 Å². The average Bonchev–Trinajstić information content (AvgIpc) is 2.61. The fraction of sp³-hybridized carbons (Fsp3) is 0.316. The summed E-state index contributed by atoms with van der Waals surface area (Å²) in [6.45, 7) is 1.47. The molecule has 0 saturated carbocycles. The highest BCUT2D eigenvalue weighted by atomic mass is 35.5. The van der Waals surface area contributed by atoms with E-state index in [0.29, 0.717) is 29.6 Å². The summed E-state index contributed by atoms with van der Waals surface area (Å²) in [5, 5.41) is 3.50. The molecule has 1 aliphatic rings. The first kappa shape index (κ1) is 18.5. The predicted molar refractivity (Wildman–Crippen MR) is 99.7 cm³/mol. The Morgan fingerprint density at radius 1 is 1.35 bits per heavy atom. The van der Waals surface area contributed by atoms with Gasteiger partial charge in [-0.1, -0.05) is 17.7 Å². The van der Waals surface area contributed by atoms with Crippen LogP contribution in [-0.4, -0.2) is 38.3 Å². The van der Waals surface area contributed by atoms with E-state index in [1.165, 1.54) is 0 Å². The van der Waals surface area contributed by atoms with Crippen molar-refractivity contribution in [2.45, 2.75) is 13.2 Å². The van der Waals surface area contributed by atoms with Crippen LogP contribution >= 0.6 is 11.6 Å². The van der Waals surface area contributed by atoms with Crippen molar-refractivity contribution in [3.63, 3.8) is 0 Å². The molecule has 3 rings (SSSR count). The molecule has 1 heterocycles. The summed E-state index contributed by atoms with van der Waals surface area (Å²) in [4.78, 5) is 14.2. The topological polar surface area (TPSA) is 60.0 Å². The third-order valence-electron chi connectivity index (χ3n) is 3.96. The van der Waals surface area contributed by atoms with Gasteiger partial charge in [-0.2, -0.15) is 0 Å². The summed E-state index contributed by atoms with van der Waals surface area (Å²) in [6, 6.07) is 11.0. The number of amides is 1. The molecular weight excluding hydrogens is 356 g/mol. The second kappa shape index (κ2) is 8.40. The van der Waals surface area contributed by atoms with Crippen LogP contribution in [0.2, 0.25) is 5.02 Å². The lowest BCUT2D eigenvalue weighted by atomic mass is 10.1. The van der Waals surface area contributed by atoms with E-state index in [4.69, 9.17) is 25.8 Å². The predicted octanol–water partition coefficient (Wildman–Crippen LogP) is 3.29. The first-order valence-corrected chi connectivity index (χ1v) is 8.57. The van der Waals surface area contributed by atoms with Gasteiger partial charge in [0.2, 0.25) is 5.91 Å². The van der Waals surface area contributed by atoms with Gasteiger partial charge in [0.25, 0.3) is 0 Å². The zero-order valence-corrected chi connectivity index (χ0v) is 15.5. The van der Waals surface area contributed by atoms with Crippen molar-refractivity contribution < 1.29 is 19.0 Å². The zero-order chi connectivity index (χ0) is 18.5. The van der Waals surface area contributed by atoms with Gasteiger partial charge in [0.15, 0.2) is 6.79 Å². The largest absolute Gasteiger partial charge is 0.497 e. The van der Waals surface area contributed by atoms with Crippen LogP contribution in [0.15, 0.2) is 36.4 Å². The Hall–Kier alpha value is -2.28. The molecule has 0 atom stereocenters.